The summed E-state index contributed by atoms with van der Waals surface area (Å²) >= 11 is 5.17. The minimum atomic E-state index is 0.542. The van der Waals surface area contributed by atoms with Crippen molar-refractivity contribution in [3.8, 4) is 0 Å². The van der Waals surface area contributed by atoms with Gasteiger partial charge in [-0.1, -0.05) is 15.9 Å². The summed E-state index contributed by atoms with van der Waals surface area (Å²) in [5, 5.41) is 0. The number of aromatic nitrogens is 1. The first kappa shape index (κ1) is 13.5. The molecule has 0 amide bonds. The molecule has 0 aliphatic carbocycles. The van der Waals surface area contributed by atoms with E-state index in [-0.39, 0.29) is 0 Å². The van der Waals surface area contributed by atoms with E-state index < -0.39 is 0 Å². The number of halogens is 1. The van der Waals surface area contributed by atoms with E-state index in [9.17, 15) is 0 Å². The maximum atomic E-state index is 5.80. The van der Waals surface area contributed by atoms with Gasteiger partial charge >= 0.3 is 0 Å². The van der Waals surface area contributed by atoms with Crippen molar-refractivity contribution >= 4 is 33.0 Å². The Morgan fingerprint density at radius 2 is 2.22 bits per heavy atom. The first-order valence-electron chi connectivity index (χ1n) is 5.70. The molecule has 3 nitrogen and oxygen atoms in total. The molecule has 0 aliphatic heterocycles. The van der Waals surface area contributed by atoms with Crippen molar-refractivity contribution in [3.05, 3.63) is 44.3 Å². The van der Waals surface area contributed by atoms with Gasteiger partial charge in [0.1, 0.15) is 0 Å². The van der Waals surface area contributed by atoms with Crippen LogP contribution in [0.3, 0.4) is 0 Å². The fourth-order valence-electron chi connectivity index (χ4n) is 1.87. The molecule has 2 aromatic rings. The average Bonchev–Trinajstić information content (AvgIpc) is 2.74. The molecule has 18 heavy (non-hydrogen) atoms. The lowest BCUT2D eigenvalue weighted by Crippen LogP contribution is -2.18. The molecule has 1 heterocycles. The van der Waals surface area contributed by atoms with E-state index in [1.54, 1.807) is 11.3 Å². The zero-order chi connectivity index (χ0) is 13.1. The molecule has 0 spiro atoms. The van der Waals surface area contributed by atoms with Crippen molar-refractivity contribution in [3.63, 3.8) is 0 Å². The lowest BCUT2D eigenvalue weighted by molar-refractivity contribution is 0.906. The predicted octanol–water partition coefficient (Wildman–Crippen LogP) is 3.31. The lowest BCUT2D eigenvalue weighted by Gasteiger charge is -2.22. The highest BCUT2D eigenvalue weighted by molar-refractivity contribution is 9.10. The Hall–Kier alpha value is -0.910. The van der Waals surface area contributed by atoms with Gasteiger partial charge in [0.05, 0.1) is 17.7 Å². The summed E-state index contributed by atoms with van der Waals surface area (Å²) < 4.78 is 1.06. The molecule has 96 valence electrons. The largest absolute Gasteiger partial charge is 0.369 e. The summed E-state index contributed by atoms with van der Waals surface area (Å²) in [6.07, 6.45) is 0. The van der Waals surface area contributed by atoms with Crippen LogP contribution in [0.5, 0.6) is 0 Å². The summed E-state index contributed by atoms with van der Waals surface area (Å²) in [5.74, 6) is 0. The molecule has 2 N–H and O–H groups in total. The molecule has 0 bridgehead atoms. The van der Waals surface area contributed by atoms with Crippen molar-refractivity contribution in [1.29, 1.82) is 0 Å². The molecule has 0 saturated heterocycles. The third kappa shape index (κ3) is 2.91. The van der Waals surface area contributed by atoms with Crippen LogP contribution >= 0.6 is 27.3 Å². The second-order valence-electron chi connectivity index (χ2n) is 4.19. The van der Waals surface area contributed by atoms with Crippen molar-refractivity contribution in [1.82, 2.24) is 4.98 Å². The Labute approximate surface area is 120 Å². The van der Waals surface area contributed by atoms with E-state index >= 15 is 0 Å². The summed E-state index contributed by atoms with van der Waals surface area (Å²) in [4.78, 5) is 7.79. The smallest absolute Gasteiger partial charge is 0.0798 e. The topological polar surface area (TPSA) is 42.2 Å². The van der Waals surface area contributed by atoms with Crippen LogP contribution in [0.25, 0.3) is 0 Å². The normalized spacial score (nSPS) is 10.7. The van der Waals surface area contributed by atoms with Crippen molar-refractivity contribution in [2.24, 2.45) is 5.73 Å². The van der Waals surface area contributed by atoms with E-state index in [1.807, 2.05) is 18.5 Å². The molecule has 0 fully saturated rings. The lowest BCUT2D eigenvalue weighted by atomic mass is 10.1. The number of hydrogen-bond donors (Lipinski definition) is 1. The highest BCUT2D eigenvalue weighted by Crippen LogP contribution is 2.26. The molecular weight excluding hydrogens is 310 g/mol. The zero-order valence-corrected chi connectivity index (χ0v) is 12.9. The first-order valence-corrected chi connectivity index (χ1v) is 7.37. The van der Waals surface area contributed by atoms with Crippen LogP contribution in [-0.2, 0) is 13.1 Å². The quantitative estimate of drug-likeness (QED) is 0.937. The number of benzene rings is 1. The van der Waals surface area contributed by atoms with Crippen molar-refractivity contribution in [2.45, 2.75) is 20.0 Å². The van der Waals surface area contributed by atoms with Gasteiger partial charge in [-0.15, -0.1) is 11.3 Å². The Bertz CT molecular complexity index is 539. The van der Waals surface area contributed by atoms with Crippen LogP contribution in [0.4, 0.5) is 5.69 Å². The average molecular weight is 326 g/mol. The van der Waals surface area contributed by atoms with Crippen molar-refractivity contribution < 1.29 is 0 Å². The maximum Gasteiger partial charge on any atom is 0.0798 e. The highest BCUT2D eigenvalue weighted by atomic mass is 79.9. The van der Waals surface area contributed by atoms with Crippen molar-refractivity contribution in [2.75, 3.05) is 11.9 Å². The van der Waals surface area contributed by atoms with Gasteiger partial charge in [0.15, 0.2) is 0 Å². The molecule has 2 rings (SSSR count). The second kappa shape index (κ2) is 5.82. The van der Waals surface area contributed by atoms with Gasteiger partial charge in [0.25, 0.3) is 0 Å². The number of nitrogens with zero attached hydrogens (tertiary/aromatic N) is 2. The van der Waals surface area contributed by atoms with E-state index in [0.717, 1.165) is 22.3 Å². The Balaban J connectivity index is 2.23. The van der Waals surface area contributed by atoms with Crippen LogP contribution in [0.15, 0.2) is 28.2 Å². The SMILES string of the molecule is Cc1ncsc1CN(C)c1ccc(Br)cc1CN. The molecule has 0 radical (unpaired) electrons. The van der Waals surface area contributed by atoms with Crippen LogP contribution in [-0.4, -0.2) is 12.0 Å². The van der Waals surface area contributed by atoms with Gasteiger partial charge in [0, 0.05) is 28.6 Å². The van der Waals surface area contributed by atoms with E-state index in [1.165, 1.54) is 10.6 Å². The van der Waals surface area contributed by atoms with Gasteiger partial charge < -0.3 is 10.6 Å². The number of rotatable bonds is 4. The second-order valence-corrected chi connectivity index (χ2v) is 6.05. The predicted molar refractivity (Wildman–Crippen MR) is 81.0 cm³/mol. The molecule has 1 aromatic heterocycles. The molecular formula is C13H16BrN3S. The number of nitrogens with two attached hydrogens (primary N) is 1. The summed E-state index contributed by atoms with van der Waals surface area (Å²) in [7, 11) is 2.08. The van der Waals surface area contributed by atoms with E-state index in [4.69, 9.17) is 5.73 Å². The number of thiazole rings is 1. The number of hydrogen-bond acceptors (Lipinski definition) is 4. The highest BCUT2D eigenvalue weighted by Gasteiger charge is 2.10. The number of aryl methyl sites for hydroxylation is 1. The van der Waals surface area contributed by atoms with Crippen LogP contribution in [0, 0.1) is 6.92 Å². The summed E-state index contributed by atoms with van der Waals surface area (Å²) in [5.41, 5.74) is 11.1. The Kier molecular flexibility index (Phi) is 4.37. The molecule has 1 aromatic carbocycles. The minimum absolute atomic E-state index is 0.542. The zero-order valence-electron chi connectivity index (χ0n) is 10.5. The summed E-state index contributed by atoms with van der Waals surface area (Å²) in [6, 6.07) is 6.22. The fraction of sp³-hybridized carbons (Fsp3) is 0.308. The minimum Gasteiger partial charge on any atom is -0.369 e. The molecule has 0 aliphatic rings. The monoisotopic (exact) mass is 325 g/mol. The van der Waals surface area contributed by atoms with Gasteiger partial charge in [-0.3, -0.25) is 0 Å². The van der Waals surface area contributed by atoms with Crippen LogP contribution in [0.1, 0.15) is 16.1 Å². The van der Waals surface area contributed by atoms with Gasteiger partial charge in [-0.25, -0.2) is 4.98 Å². The van der Waals surface area contributed by atoms with E-state index in [0.29, 0.717) is 6.54 Å². The van der Waals surface area contributed by atoms with E-state index in [2.05, 4.69) is 45.0 Å². The molecule has 0 unspecified atom stereocenters. The first-order chi connectivity index (χ1) is 8.61. The van der Waals surface area contributed by atoms with Crippen LogP contribution in [0.2, 0.25) is 0 Å². The third-order valence-electron chi connectivity index (χ3n) is 2.90. The summed E-state index contributed by atoms with van der Waals surface area (Å²) in [6.45, 7) is 3.46. The Morgan fingerprint density at radius 1 is 1.44 bits per heavy atom. The molecule has 0 saturated carbocycles. The van der Waals surface area contributed by atoms with Gasteiger partial charge in [-0.05, 0) is 30.7 Å². The van der Waals surface area contributed by atoms with Gasteiger partial charge in [0.2, 0.25) is 0 Å². The standard InChI is InChI=1S/C13H16BrN3S/c1-9-13(18-8-16-9)7-17(2)12-4-3-11(14)5-10(12)6-15/h3-5,8H,6-7,15H2,1-2H3. The molecule has 0 atom stereocenters. The molecule has 5 heteroatoms. The maximum absolute atomic E-state index is 5.80. The number of anilines is 1. The fourth-order valence-corrected chi connectivity index (χ4v) is 3.11. The Morgan fingerprint density at radius 3 is 2.83 bits per heavy atom. The van der Waals surface area contributed by atoms with Crippen LogP contribution < -0.4 is 10.6 Å². The van der Waals surface area contributed by atoms with Gasteiger partial charge in [-0.2, -0.15) is 0 Å². The third-order valence-corrected chi connectivity index (χ3v) is 4.31.